The van der Waals surface area contributed by atoms with Crippen molar-refractivity contribution in [2.75, 3.05) is 6.61 Å². The molecule has 0 aliphatic carbocycles. The fourth-order valence-electron chi connectivity index (χ4n) is 3.93. The van der Waals surface area contributed by atoms with E-state index in [0.717, 1.165) is 16.7 Å². The quantitative estimate of drug-likeness (QED) is 0.722. The van der Waals surface area contributed by atoms with Crippen molar-refractivity contribution in [3.05, 3.63) is 53.1 Å². The molecule has 1 aromatic rings. The number of rotatable bonds is 0. The number of hydrogen-bond donors (Lipinski definition) is 0. The summed E-state index contributed by atoms with van der Waals surface area (Å²) in [7, 11) is 0. The lowest BCUT2D eigenvalue weighted by Crippen LogP contribution is -2.29. The molecule has 0 aromatic heterocycles. The van der Waals surface area contributed by atoms with Gasteiger partial charge in [-0.3, -0.25) is 0 Å². The third-order valence-corrected chi connectivity index (χ3v) is 5.27. The average molecular weight is 310 g/mol. The van der Waals surface area contributed by atoms with E-state index in [1.165, 1.54) is 33.4 Å². The summed E-state index contributed by atoms with van der Waals surface area (Å²) in [4.78, 5) is 0. The van der Waals surface area contributed by atoms with E-state index < -0.39 is 0 Å². The van der Waals surface area contributed by atoms with E-state index in [1.807, 2.05) is 0 Å². The van der Waals surface area contributed by atoms with Crippen LogP contribution in [0.5, 0.6) is 0 Å². The van der Waals surface area contributed by atoms with Crippen molar-refractivity contribution < 1.29 is 14.2 Å². The maximum atomic E-state index is 5.94. The van der Waals surface area contributed by atoms with Gasteiger partial charge in [0.05, 0.1) is 38.6 Å². The Bertz CT molecular complexity index is 720. The molecule has 0 saturated heterocycles. The van der Waals surface area contributed by atoms with Gasteiger partial charge >= 0.3 is 0 Å². The first kappa shape index (κ1) is 14.9. The van der Waals surface area contributed by atoms with Crippen molar-refractivity contribution in [3.8, 4) is 0 Å². The average Bonchev–Trinajstić information content (AvgIpc) is 2.53. The molecule has 0 bridgehead atoms. The molecular weight excluding hydrogens is 288 g/mol. The summed E-state index contributed by atoms with van der Waals surface area (Å²) in [5.41, 5.74) is 10.3. The largest absolute Gasteiger partial charge is 0.372 e. The van der Waals surface area contributed by atoms with E-state index >= 15 is 0 Å². The summed E-state index contributed by atoms with van der Waals surface area (Å²) in [5, 5.41) is 0. The number of hydrogen-bond acceptors (Lipinski definition) is 3. The number of fused-ring (bicyclic) bond motifs is 6. The van der Waals surface area contributed by atoms with Crippen LogP contribution >= 0.6 is 0 Å². The van der Waals surface area contributed by atoms with Crippen LogP contribution < -0.4 is 0 Å². The molecule has 2 atom stereocenters. The normalized spacial score (nSPS) is 26.6. The zero-order valence-corrected chi connectivity index (χ0v) is 13.8. The van der Waals surface area contributed by atoms with E-state index in [4.69, 9.17) is 14.2 Å². The Morgan fingerprint density at radius 2 is 1.17 bits per heavy atom. The van der Waals surface area contributed by atoms with Gasteiger partial charge in [-0.15, -0.1) is 0 Å². The van der Waals surface area contributed by atoms with Gasteiger partial charge in [0.25, 0.3) is 0 Å². The second-order valence-corrected chi connectivity index (χ2v) is 6.61. The zero-order chi connectivity index (χ0) is 16.3. The van der Waals surface area contributed by atoms with Gasteiger partial charge in [0.15, 0.2) is 0 Å². The van der Waals surface area contributed by atoms with Gasteiger partial charge in [0.2, 0.25) is 0 Å². The second-order valence-electron chi connectivity index (χ2n) is 6.61. The second kappa shape index (κ2) is 5.17. The fraction of sp³-hybridized carbons (Fsp3) is 0.400. The predicted octanol–water partition coefficient (Wildman–Crippen LogP) is 4.09. The van der Waals surface area contributed by atoms with E-state index in [-0.39, 0.29) is 12.2 Å². The third-order valence-electron chi connectivity index (χ3n) is 5.27. The highest BCUT2D eigenvalue weighted by atomic mass is 16.5. The monoisotopic (exact) mass is 310 g/mol. The molecule has 23 heavy (non-hydrogen) atoms. The SMILES string of the molecule is C=C1COCc2c1c1c(c3c2C(=C)[C@H](C)OC3)C(=C)[C@H](C)OC1. The predicted molar refractivity (Wildman–Crippen MR) is 91.7 cm³/mol. The van der Waals surface area contributed by atoms with Crippen LogP contribution in [-0.2, 0) is 34.0 Å². The van der Waals surface area contributed by atoms with Crippen LogP contribution in [-0.4, -0.2) is 18.8 Å². The van der Waals surface area contributed by atoms with Crippen molar-refractivity contribution in [1.29, 1.82) is 0 Å². The van der Waals surface area contributed by atoms with Crippen LogP contribution in [0.15, 0.2) is 19.7 Å². The molecular formula is C20H22O3. The lowest BCUT2D eigenvalue weighted by Gasteiger charge is -2.38. The van der Waals surface area contributed by atoms with Crippen LogP contribution in [0.25, 0.3) is 16.7 Å². The third kappa shape index (κ3) is 2.01. The van der Waals surface area contributed by atoms with Crippen LogP contribution in [0, 0.1) is 0 Å². The molecule has 3 heterocycles. The molecule has 120 valence electrons. The van der Waals surface area contributed by atoms with Crippen molar-refractivity contribution in [1.82, 2.24) is 0 Å². The van der Waals surface area contributed by atoms with Gasteiger partial charge < -0.3 is 14.2 Å². The molecule has 0 spiro atoms. The molecule has 3 aliphatic heterocycles. The Balaban J connectivity index is 2.09. The molecule has 0 N–H and O–H groups in total. The lowest BCUT2D eigenvalue weighted by molar-refractivity contribution is 0.0734. The molecule has 3 nitrogen and oxygen atoms in total. The summed E-state index contributed by atoms with van der Waals surface area (Å²) in [6.45, 7) is 19.3. The van der Waals surface area contributed by atoms with Gasteiger partial charge in [-0.2, -0.15) is 0 Å². The van der Waals surface area contributed by atoms with Gasteiger partial charge in [-0.05, 0) is 63.9 Å². The molecule has 3 aliphatic rings. The van der Waals surface area contributed by atoms with Gasteiger partial charge in [0, 0.05) is 0 Å². The van der Waals surface area contributed by atoms with Crippen molar-refractivity contribution in [2.45, 2.75) is 45.9 Å². The van der Waals surface area contributed by atoms with E-state index in [1.54, 1.807) is 0 Å². The number of ether oxygens (including phenoxy) is 3. The van der Waals surface area contributed by atoms with Crippen LogP contribution in [0.3, 0.4) is 0 Å². The first-order valence-electron chi connectivity index (χ1n) is 8.08. The molecule has 4 rings (SSSR count). The molecule has 0 amide bonds. The van der Waals surface area contributed by atoms with Crippen LogP contribution in [0.2, 0.25) is 0 Å². The van der Waals surface area contributed by atoms with Gasteiger partial charge in [-0.1, -0.05) is 19.7 Å². The Morgan fingerprint density at radius 3 is 1.74 bits per heavy atom. The summed E-state index contributed by atoms with van der Waals surface area (Å²) >= 11 is 0. The smallest absolute Gasteiger partial charge is 0.0801 e. The maximum absolute atomic E-state index is 5.94. The molecule has 0 saturated carbocycles. The minimum atomic E-state index is 0.0189. The maximum Gasteiger partial charge on any atom is 0.0801 e. The summed E-state index contributed by atoms with van der Waals surface area (Å²) in [6.07, 6.45) is 0.0377. The molecule has 0 unspecified atom stereocenters. The highest BCUT2D eigenvalue weighted by molar-refractivity contribution is 5.88. The van der Waals surface area contributed by atoms with Crippen LogP contribution in [0.1, 0.15) is 47.2 Å². The molecule has 0 fully saturated rings. The first-order chi connectivity index (χ1) is 11.0. The lowest BCUT2D eigenvalue weighted by atomic mass is 9.76. The summed E-state index contributed by atoms with van der Waals surface area (Å²) < 4.78 is 17.6. The standard InChI is InChI=1S/C20H22O3/c1-10-6-21-7-15-18(10)16-8-22-14(5)12(3)20(16)17-9-23-13(4)11(2)19(15)17/h13-14H,1-3,6-9H2,4-5H3/t13-,14-/m0/s1. The minimum absolute atomic E-state index is 0.0189. The Kier molecular flexibility index (Phi) is 3.34. The van der Waals surface area contributed by atoms with Crippen molar-refractivity contribution >= 4 is 16.7 Å². The fourth-order valence-corrected chi connectivity index (χ4v) is 3.93. The first-order valence-corrected chi connectivity index (χ1v) is 8.08. The van der Waals surface area contributed by atoms with Crippen molar-refractivity contribution in [3.63, 3.8) is 0 Å². The molecule has 3 heteroatoms. The summed E-state index contributed by atoms with van der Waals surface area (Å²) in [5.74, 6) is 0. The Hall–Kier alpha value is -1.68. The molecule has 1 aromatic carbocycles. The van der Waals surface area contributed by atoms with E-state index in [0.29, 0.717) is 26.4 Å². The minimum Gasteiger partial charge on any atom is -0.372 e. The van der Waals surface area contributed by atoms with Crippen molar-refractivity contribution in [2.24, 2.45) is 0 Å². The Morgan fingerprint density at radius 1 is 0.696 bits per heavy atom. The highest BCUT2D eigenvalue weighted by Gasteiger charge is 2.35. The number of benzene rings is 1. The zero-order valence-electron chi connectivity index (χ0n) is 13.8. The molecule has 0 radical (unpaired) electrons. The van der Waals surface area contributed by atoms with Crippen LogP contribution in [0.4, 0.5) is 0 Å². The van der Waals surface area contributed by atoms with E-state index in [2.05, 4.69) is 33.6 Å². The van der Waals surface area contributed by atoms with E-state index in [9.17, 15) is 0 Å². The highest BCUT2D eigenvalue weighted by Crippen LogP contribution is 2.46. The van der Waals surface area contributed by atoms with Gasteiger partial charge in [0.1, 0.15) is 0 Å². The topological polar surface area (TPSA) is 27.7 Å². The summed E-state index contributed by atoms with van der Waals surface area (Å²) in [6, 6.07) is 0. The Labute approximate surface area is 137 Å². The van der Waals surface area contributed by atoms with Gasteiger partial charge in [-0.25, -0.2) is 0 Å².